The molecule has 1 aliphatic heterocycles. The fourth-order valence-corrected chi connectivity index (χ4v) is 2.88. The summed E-state index contributed by atoms with van der Waals surface area (Å²) in [6.45, 7) is 8.34. The van der Waals surface area contributed by atoms with Crippen molar-refractivity contribution in [2.24, 2.45) is 11.1 Å². The number of para-hydroxylation sites is 1. The van der Waals surface area contributed by atoms with Crippen molar-refractivity contribution >= 4 is 5.69 Å². The molecule has 1 aliphatic rings. The van der Waals surface area contributed by atoms with E-state index in [9.17, 15) is 4.39 Å². The molecule has 0 aromatic heterocycles. The fourth-order valence-electron chi connectivity index (χ4n) is 2.88. The van der Waals surface area contributed by atoms with Gasteiger partial charge in [-0.2, -0.15) is 0 Å². The van der Waals surface area contributed by atoms with E-state index in [1.807, 2.05) is 13.0 Å². The SMILES string of the molecule is C[C@@H](N)c1cccc(F)c1N1CCCC(C)(C)CC1. The van der Waals surface area contributed by atoms with Gasteiger partial charge in [-0.1, -0.05) is 26.0 Å². The topological polar surface area (TPSA) is 29.3 Å². The Hall–Kier alpha value is -1.09. The minimum Gasteiger partial charge on any atom is -0.369 e. The van der Waals surface area contributed by atoms with Gasteiger partial charge in [0, 0.05) is 19.1 Å². The number of hydrogen-bond acceptors (Lipinski definition) is 2. The van der Waals surface area contributed by atoms with Crippen molar-refractivity contribution in [3.63, 3.8) is 0 Å². The second kappa shape index (κ2) is 5.49. The molecular weight excluding hydrogens is 239 g/mol. The smallest absolute Gasteiger partial charge is 0.146 e. The van der Waals surface area contributed by atoms with Crippen molar-refractivity contribution < 1.29 is 4.39 Å². The van der Waals surface area contributed by atoms with Crippen LogP contribution in [0.5, 0.6) is 0 Å². The monoisotopic (exact) mass is 264 g/mol. The number of halogens is 1. The zero-order valence-electron chi connectivity index (χ0n) is 12.2. The maximum atomic E-state index is 14.2. The number of benzene rings is 1. The summed E-state index contributed by atoms with van der Waals surface area (Å²) >= 11 is 0. The highest BCUT2D eigenvalue weighted by Crippen LogP contribution is 2.35. The lowest BCUT2D eigenvalue weighted by Gasteiger charge is -2.28. The van der Waals surface area contributed by atoms with Crippen molar-refractivity contribution in [1.82, 2.24) is 0 Å². The largest absolute Gasteiger partial charge is 0.369 e. The molecule has 106 valence electrons. The lowest BCUT2D eigenvalue weighted by atomic mass is 9.85. The molecule has 0 aliphatic carbocycles. The molecular formula is C16H25FN2. The van der Waals surface area contributed by atoms with Gasteiger partial charge in [-0.05, 0) is 43.2 Å². The van der Waals surface area contributed by atoms with Gasteiger partial charge in [0.2, 0.25) is 0 Å². The summed E-state index contributed by atoms with van der Waals surface area (Å²) in [6, 6.07) is 5.09. The van der Waals surface area contributed by atoms with Gasteiger partial charge in [-0.3, -0.25) is 0 Å². The Morgan fingerprint density at radius 2 is 2.00 bits per heavy atom. The maximum absolute atomic E-state index is 14.2. The van der Waals surface area contributed by atoms with Crippen LogP contribution in [0, 0.1) is 11.2 Å². The van der Waals surface area contributed by atoms with Crippen LogP contribution in [0.15, 0.2) is 18.2 Å². The zero-order chi connectivity index (χ0) is 14.0. The summed E-state index contributed by atoms with van der Waals surface area (Å²) in [5.74, 6) is -0.144. The minimum atomic E-state index is -0.144. The van der Waals surface area contributed by atoms with Crippen molar-refractivity contribution in [2.75, 3.05) is 18.0 Å². The van der Waals surface area contributed by atoms with Crippen LogP contribution in [-0.4, -0.2) is 13.1 Å². The lowest BCUT2D eigenvalue weighted by Crippen LogP contribution is -2.28. The molecule has 0 unspecified atom stereocenters. The summed E-state index contributed by atoms with van der Waals surface area (Å²) in [5.41, 5.74) is 7.98. The van der Waals surface area contributed by atoms with Gasteiger partial charge < -0.3 is 10.6 Å². The summed E-state index contributed by atoms with van der Waals surface area (Å²) in [5, 5.41) is 0. The molecule has 2 rings (SSSR count). The van der Waals surface area contributed by atoms with Crippen LogP contribution in [0.25, 0.3) is 0 Å². The van der Waals surface area contributed by atoms with Crippen LogP contribution < -0.4 is 10.6 Å². The summed E-state index contributed by atoms with van der Waals surface area (Å²) in [4.78, 5) is 2.18. The molecule has 1 fully saturated rings. The maximum Gasteiger partial charge on any atom is 0.146 e. The number of nitrogens with two attached hydrogens (primary N) is 1. The molecule has 19 heavy (non-hydrogen) atoms. The average molecular weight is 264 g/mol. The first kappa shape index (κ1) is 14.3. The van der Waals surface area contributed by atoms with Crippen LogP contribution >= 0.6 is 0 Å². The third-order valence-corrected chi connectivity index (χ3v) is 4.16. The Morgan fingerprint density at radius 1 is 1.26 bits per heavy atom. The van der Waals surface area contributed by atoms with Gasteiger partial charge in [0.1, 0.15) is 5.82 Å². The van der Waals surface area contributed by atoms with Gasteiger partial charge in [0.05, 0.1) is 5.69 Å². The molecule has 1 aromatic rings. The van der Waals surface area contributed by atoms with E-state index in [4.69, 9.17) is 5.73 Å². The van der Waals surface area contributed by atoms with Crippen molar-refractivity contribution in [3.8, 4) is 0 Å². The van der Waals surface area contributed by atoms with E-state index in [1.165, 1.54) is 12.5 Å². The van der Waals surface area contributed by atoms with Crippen molar-refractivity contribution in [2.45, 2.75) is 46.1 Å². The lowest BCUT2D eigenvalue weighted by molar-refractivity contribution is 0.325. The molecule has 2 N–H and O–H groups in total. The van der Waals surface area contributed by atoms with Crippen LogP contribution in [0.4, 0.5) is 10.1 Å². The Bertz CT molecular complexity index is 440. The molecule has 3 heteroatoms. The number of anilines is 1. The standard InChI is InChI=1S/C16H25FN2/c1-12(18)13-6-4-7-14(17)15(13)19-10-5-8-16(2,3)9-11-19/h4,6-7,12H,5,8-11,18H2,1-3H3/t12-/m1/s1. The summed E-state index contributed by atoms with van der Waals surface area (Å²) in [6.07, 6.45) is 3.41. The fraction of sp³-hybridized carbons (Fsp3) is 0.625. The van der Waals surface area contributed by atoms with E-state index in [1.54, 1.807) is 6.07 Å². The molecule has 1 atom stereocenters. The van der Waals surface area contributed by atoms with E-state index >= 15 is 0 Å². The Labute approximate surface area is 115 Å². The van der Waals surface area contributed by atoms with E-state index in [-0.39, 0.29) is 11.9 Å². The van der Waals surface area contributed by atoms with Crippen molar-refractivity contribution in [3.05, 3.63) is 29.6 Å². The highest BCUT2D eigenvalue weighted by Gasteiger charge is 2.26. The number of rotatable bonds is 2. The Balaban J connectivity index is 2.31. The van der Waals surface area contributed by atoms with Gasteiger partial charge in [0.25, 0.3) is 0 Å². The Kier molecular flexibility index (Phi) is 4.14. The van der Waals surface area contributed by atoms with Crippen LogP contribution in [-0.2, 0) is 0 Å². The van der Waals surface area contributed by atoms with Crippen LogP contribution in [0.3, 0.4) is 0 Å². The first-order chi connectivity index (χ1) is 8.91. The predicted molar refractivity (Wildman–Crippen MR) is 78.8 cm³/mol. The van der Waals surface area contributed by atoms with E-state index in [0.29, 0.717) is 5.41 Å². The summed E-state index contributed by atoms with van der Waals surface area (Å²) < 4.78 is 14.2. The van der Waals surface area contributed by atoms with Gasteiger partial charge in [-0.25, -0.2) is 4.39 Å². The third-order valence-electron chi connectivity index (χ3n) is 4.16. The molecule has 2 nitrogen and oxygen atoms in total. The van der Waals surface area contributed by atoms with Crippen LogP contribution in [0.1, 0.15) is 51.6 Å². The zero-order valence-corrected chi connectivity index (χ0v) is 12.2. The predicted octanol–water partition coefficient (Wildman–Crippen LogP) is 3.86. The van der Waals surface area contributed by atoms with E-state index in [0.717, 1.165) is 37.2 Å². The highest BCUT2D eigenvalue weighted by molar-refractivity contribution is 5.56. The molecule has 1 aromatic carbocycles. The molecule has 1 heterocycles. The minimum absolute atomic E-state index is 0.137. The van der Waals surface area contributed by atoms with Gasteiger partial charge in [0.15, 0.2) is 0 Å². The molecule has 0 amide bonds. The quantitative estimate of drug-likeness (QED) is 0.878. The molecule has 0 saturated carbocycles. The Morgan fingerprint density at radius 3 is 2.68 bits per heavy atom. The molecule has 0 spiro atoms. The summed E-state index contributed by atoms with van der Waals surface area (Å²) in [7, 11) is 0. The normalized spacial score (nSPS) is 21.0. The average Bonchev–Trinajstić information content (AvgIpc) is 2.50. The second-order valence-corrected chi connectivity index (χ2v) is 6.47. The molecule has 1 saturated heterocycles. The first-order valence-corrected chi connectivity index (χ1v) is 7.20. The molecule has 0 radical (unpaired) electrons. The number of hydrogen-bond donors (Lipinski definition) is 1. The van der Waals surface area contributed by atoms with Crippen molar-refractivity contribution in [1.29, 1.82) is 0 Å². The third kappa shape index (κ3) is 3.27. The molecule has 0 bridgehead atoms. The van der Waals surface area contributed by atoms with E-state index < -0.39 is 0 Å². The highest BCUT2D eigenvalue weighted by atomic mass is 19.1. The van der Waals surface area contributed by atoms with E-state index in [2.05, 4.69) is 18.7 Å². The first-order valence-electron chi connectivity index (χ1n) is 7.20. The number of nitrogens with zero attached hydrogens (tertiary/aromatic N) is 1. The van der Waals surface area contributed by atoms with Crippen LogP contribution in [0.2, 0.25) is 0 Å². The van der Waals surface area contributed by atoms with Gasteiger partial charge >= 0.3 is 0 Å². The second-order valence-electron chi connectivity index (χ2n) is 6.47. The van der Waals surface area contributed by atoms with Gasteiger partial charge in [-0.15, -0.1) is 0 Å².